The van der Waals surface area contributed by atoms with E-state index in [1.807, 2.05) is 13.8 Å². The van der Waals surface area contributed by atoms with E-state index in [-0.39, 0.29) is 24.0 Å². The number of hydrogen-bond acceptors (Lipinski definition) is 4. The van der Waals surface area contributed by atoms with Crippen LogP contribution in [0.25, 0.3) is 0 Å². The summed E-state index contributed by atoms with van der Waals surface area (Å²) in [5, 5.41) is 11.9. The lowest BCUT2D eigenvalue weighted by Crippen LogP contribution is -2.56. The molecule has 6 nitrogen and oxygen atoms in total. The molecule has 6 heteroatoms. The third-order valence-corrected chi connectivity index (χ3v) is 3.55. The van der Waals surface area contributed by atoms with Gasteiger partial charge >= 0.3 is 5.97 Å². The van der Waals surface area contributed by atoms with Crippen LogP contribution in [-0.4, -0.2) is 41.3 Å². The molecule has 4 N–H and O–H groups in total. The maximum absolute atomic E-state index is 11.3. The van der Waals surface area contributed by atoms with Crippen molar-refractivity contribution < 1.29 is 19.4 Å². The van der Waals surface area contributed by atoms with Crippen LogP contribution in [0.2, 0.25) is 0 Å². The number of carbonyl (C=O) groups is 2. The SMILES string of the molecule is CCC(CC)O[C@@H]1CC(C(=O)O)=CC(N)C1NC(C)=O. The summed E-state index contributed by atoms with van der Waals surface area (Å²) < 4.78 is 5.96. The highest BCUT2D eigenvalue weighted by Crippen LogP contribution is 2.24. The van der Waals surface area contributed by atoms with Gasteiger partial charge in [0.2, 0.25) is 5.91 Å². The number of amides is 1. The summed E-state index contributed by atoms with van der Waals surface area (Å²) in [5.41, 5.74) is 6.22. The van der Waals surface area contributed by atoms with Crippen LogP contribution in [0.5, 0.6) is 0 Å². The molecule has 1 aliphatic carbocycles. The lowest BCUT2D eigenvalue weighted by atomic mass is 9.88. The van der Waals surface area contributed by atoms with Crippen molar-refractivity contribution in [2.24, 2.45) is 5.73 Å². The monoisotopic (exact) mass is 284 g/mol. The average molecular weight is 284 g/mol. The Balaban J connectivity index is 2.92. The summed E-state index contributed by atoms with van der Waals surface area (Å²) in [4.78, 5) is 22.4. The standard InChI is InChI=1S/C14H24N2O4/c1-4-10(5-2)20-12-7-9(14(18)19)6-11(15)13(12)16-8(3)17/h6,10-13H,4-5,7,15H2,1-3H3,(H,16,17)(H,18,19)/t11?,12-,13?/m1/s1. The van der Waals surface area contributed by atoms with Crippen LogP contribution in [0.3, 0.4) is 0 Å². The van der Waals surface area contributed by atoms with Crippen LogP contribution >= 0.6 is 0 Å². The molecule has 0 heterocycles. The summed E-state index contributed by atoms with van der Waals surface area (Å²) in [6.45, 7) is 5.44. The van der Waals surface area contributed by atoms with Gasteiger partial charge in [-0.2, -0.15) is 0 Å². The summed E-state index contributed by atoms with van der Waals surface area (Å²) in [5.74, 6) is -1.18. The molecule has 0 fully saturated rings. The fourth-order valence-electron chi connectivity index (χ4n) is 2.44. The molecule has 20 heavy (non-hydrogen) atoms. The van der Waals surface area contributed by atoms with E-state index in [1.165, 1.54) is 13.0 Å². The predicted octanol–water partition coefficient (Wildman–Crippen LogP) is 0.807. The van der Waals surface area contributed by atoms with Gasteiger partial charge in [-0.05, 0) is 12.8 Å². The minimum atomic E-state index is -0.986. The van der Waals surface area contributed by atoms with Gasteiger partial charge < -0.3 is 20.9 Å². The third-order valence-electron chi connectivity index (χ3n) is 3.55. The molecular weight excluding hydrogens is 260 g/mol. The van der Waals surface area contributed by atoms with E-state index < -0.39 is 24.2 Å². The first-order valence-electron chi connectivity index (χ1n) is 7.01. The quantitative estimate of drug-likeness (QED) is 0.670. The minimum absolute atomic E-state index is 0.0385. The zero-order valence-electron chi connectivity index (χ0n) is 12.3. The first kappa shape index (κ1) is 16.7. The van der Waals surface area contributed by atoms with Crippen molar-refractivity contribution in [3.8, 4) is 0 Å². The van der Waals surface area contributed by atoms with Crippen molar-refractivity contribution in [1.29, 1.82) is 0 Å². The number of hydrogen-bond donors (Lipinski definition) is 3. The lowest BCUT2D eigenvalue weighted by molar-refractivity contribution is -0.133. The highest BCUT2D eigenvalue weighted by Gasteiger charge is 2.35. The normalized spacial score (nSPS) is 26.2. The van der Waals surface area contributed by atoms with Gasteiger partial charge in [0.25, 0.3) is 0 Å². The van der Waals surface area contributed by atoms with Crippen molar-refractivity contribution in [3.05, 3.63) is 11.6 Å². The zero-order valence-corrected chi connectivity index (χ0v) is 12.3. The Bertz CT molecular complexity index is 391. The number of nitrogens with one attached hydrogen (secondary N) is 1. The molecule has 0 saturated heterocycles. The summed E-state index contributed by atoms with van der Waals surface area (Å²) in [6, 6.07) is -0.950. The Morgan fingerprint density at radius 3 is 2.55 bits per heavy atom. The van der Waals surface area contributed by atoms with Crippen LogP contribution in [0.15, 0.2) is 11.6 Å². The van der Waals surface area contributed by atoms with E-state index in [2.05, 4.69) is 5.32 Å². The van der Waals surface area contributed by atoms with Crippen molar-refractivity contribution in [2.45, 2.75) is 64.3 Å². The highest BCUT2D eigenvalue weighted by molar-refractivity contribution is 5.87. The zero-order chi connectivity index (χ0) is 15.3. The molecule has 0 aromatic heterocycles. The van der Waals surface area contributed by atoms with Gasteiger partial charge in [0, 0.05) is 25.0 Å². The van der Waals surface area contributed by atoms with Gasteiger partial charge in [0.05, 0.1) is 18.2 Å². The Morgan fingerprint density at radius 1 is 1.50 bits per heavy atom. The lowest BCUT2D eigenvalue weighted by Gasteiger charge is -2.36. The van der Waals surface area contributed by atoms with Crippen molar-refractivity contribution >= 4 is 11.9 Å². The van der Waals surface area contributed by atoms with E-state index in [1.54, 1.807) is 0 Å². The van der Waals surface area contributed by atoms with Gasteiger partial charge in [-0.15, -0.1) is 0 Å². The van der Waals surface area contributed by atoms with Crippen molar-refractivity contribution in [1.82, 2.24) is 5.32 Å². The van der Waals surface area contributed by atoms with Crippen LogP contribution < -0.4 is 11.1 Å². The van der Waals surface area contributed by atoms with E-state index in [9.17, 15) is 9.59 Å². The predicted molar refractivity (Wildman–Crippen MR) is 75.2 cm³/mol. The Hall–Kier alpha value is -1.40. The van der Waals surface area contributed by atoms with Crippen molar-refractivity contribution in [3.63, 3.8) is 0 Å². The summed E-state index contributed by atoms with van der Waals surface area (Å²) >= 11 is 0. The van der Waals surface area contributed by atoms with Crippen LogP contribution in [0.4, 0.5) is 0 Å². The fourth-order valence-corrected chi connectivity index (χ4v) is 2.44. The smallest absolute Gasteiger partial charge is 0.331 e. The molecule has 2 unspecified atom stereocenters. The number of carbonyl (C=O) groups excluding carboxylic acids is 1. The van der Waals surface area contributed by atoms with Crippen LogP contribution in [0, 0.1) is 0 Å². The third kappa shape index (κ3) is 4.31. The van der Waals surface area contributed by atoms with Gasteiger partial charge in [0.15, 0.2) is 0 Å². The molecule has 0 bridgehead atoms. The average Bonchev–Trinajstić information content (AvgIpc) is 2.38. The largest absolute Gasteiger partial charge is 0.478 e. The molecule has 0 aromatic rings. The van der Waals surface area contributed by atoms with E-state index >= 15 is 0 Å². The molecule has 0 spiro atoms. The molecule has 1 amide bonds. The van der Waals surface area contributed by atoms with Gasteiger partial charge in [-0.1, -0.05) is 19.9 Å². The summed E-state index contributed by atoms with van der Waals surface area (Å²) in [7, 11) is 0. The maximum Gasteiger partial charge on any atom is 0.331 e. The molecule has 0 aromatic carbocycles. The number of carboxylic acid groups (broad SMARTS) is 1. The van der Waals surface area contributed by atoms with Gasteiger partial charge in [-0.25, -0.2) is 4.79 Å². The molecular formula is C14H24N2O4. The van der Waals surface area contributed by atoms with Gasteiger partial charge in [0.1, 0.15) is 0 Å². The molecule has 0 radical (unpaired) electrons. The Labute approximate surface area is 119 Å². The number of ether oxygens (including phenoxy) is 1. The number of carboxylic acids is 1. The van der Waals surface area contributed by atoms with E-state index in [0.29, 0.717) is 0 Å². The van der Waals surface area contributed by atoms with E-state index in [0.717, 1.165) is 12.8 Å². The molecule has 114 valence electrons. The molecule has 0 saturated carbocycles. The molecule has 0 aliphatic heterocycles. The van der Waals surface area contributed by atoms with Gasteiger partial charge in [-0.3, -0.25) is 4.79 Å². The number of aliphatic carboxylic acids is 1. The second kappa shape index (κ2) is 7.40. The second-order valence-electron chi connectivity index (χ2n) is 5.12. The van der Waals surface area contributed by atoms with Crippen LogP contribution in [0.1, 0.15) is 40.0 Å². The van der Waals surface area contributed by atoms with E-state index in [4.69, 9.17) is 15.6 Å². The highest BCUT2D eigenvalue weighted by atomic mass is 16.5. The number of nitrogens with two attached hydrogens (primary N) is 1. The first-order valence-corrected chi connectivity index (χ1v) is 7.01. The fraction of sp³-hybridized carbons (Fsp3) is 0.714. The minimum Gasteiger partial charge on any atom is -0.478 e. The Morgan fingerprint density at radius 2 is 2.10 bits per heavy atom. The summed E-state index contributed by atoms with van der Waals surface area (Å²) in [6.07, 6.45) is 3.05. The Kier molecular flexibility index (Phi) is 6.16. The number of rotatable bonds is 6. The van der Waals surface area contributed by atoms with Crippen molar-refractivity contribution in [2.75, 3.05) is 0 Å². The molecule has 3 atom stereocenters. The second-order valence-corrected chi connectivity index (χ2v) is 5.12. The topological polar surface area (TPSA) is 102 Å². The maximum atomic E-state index is 11.3. The van der Waals surface area contributed by atoms with Crippen LogP contribution in [-0.2, 0) is 14.3 Å². The first-order chi connectivity index (χ1) is 9.38. The molecule has 1 rings (SSSR count). The molecule has 1 aliphatic rings.